The monoisotopic (exact) mass is 168 g/mol. The van der Waals surface area contributed by atoms with Gasteiger partial charge < -0.3 is 9.80 Å². The molecule has 3 nitrogen and oxygen atoms in total. The number of rotatable bonds is 0. The van der Waals surface area contributed by atoms with Crippen molar-refractivity contribution in [3.05, 3.63) is 12.4 Å². The van der Waals surface area contributed by atoms with E-state index in [1.165, 1.54) is 9.80 Å². The second kappa shape index (κ2) is 4.35. The summed E-state index contributed by atoms with van der Waals surface area (Å²) >= 11 is 3.64. The minimum absolute atomic E-state index is 0.963. The average molecular weight is 169 g/mol. The zero-order chi connectivity index (χ0) is 8.15. The molecule has 0 saturated carbocycles. The third kappa shape index (κ3) is 2.04. The van der Waals surface area contributed by atoms with Gasteiger partial charge in [0.2, 0.25) is 6.42 Å². The predicted molar refractivity (Wildman–Crippen MR) is 37.6 cm³/mol. The highest BCUT2D eigenvalue weighted by Crippen LogP contribution is 2.10. The molecule has 1 rings (SSSR count). The smallest absolute Gasteiger partial charge is 0.248 e. The molecule has 0 aromatic rings. The summed E-state index contributed by atoms with van der Waals surface area (Å²) in [7, 11) is 3.40. The lowest BCUT2D eigenvalue weighted by Crippen LogP contribution is -2.28. The Labute approximate surface area is 64.5 Å². The summed E-state index contributed by atoms with van der Waals surface area (Å²) in [6, 6.07) is 0. The van der Waals surface area contributed by atoms with Crippen LogP contribution in [0.15, 0.2) is 12.4 Å². The van der Waals surface area contributed by atoms with E-state index in [-0.39, 0.29) is 0 Å². The predicted octanol–water partition coefficient (Wildman–Crippen LogP) is 0.720. The lowest BCUT2D eigenvalue weighted by molar-refractivity contribution is 0.0620. The Balaban J connectivity index is 0.000000371. The van der Waals surface area contributed by atoms with Crippen LogP contribution in [0, 0.1) is 0 Å². The van der Waals surface area contributed by atoms with E-state index in [1.54, 1.807) is 26.5 Å². The third-order valence-electron chi connectivity index (χ3n) is 1.21. The van der Waals surface area contributed by atoms with Crippen molar-refractivity contribution in [3.8, 4) is 0 Å². The van der Waals surface area contributed by atoms with E-state index in [9.17, 15) is 4.39 Å². The molecule has 10 heavy (non-hydrogen) atoms. The molecule has 0 spiro atoms. The van der Waals surface area contributed by atoms with Crippen LogP contribution in [-0.2, 0) is 0 Å². The molecule has 1 heterocycles. The van der Waals surface area contributed by atoms with Gasteiger partial charge in [0.25, 0.3) is 0 Å². The Morgan fingerprint density at radius 2 is 1.60 bits per heavy atom. The van der Waals surface area contributed by atoms with E-state index in [4.69, 9.17) is 4.66 Å². The van der Waals surface area contributed by atoms with E-state index in [0.717, 1.165) is 0 Å². The number of alkyl halides is 1. The first-order valence-corrected chi connectivity index (χ1v) is 2.99. The van der Waals surface area contributed by atoms with Crippen molar-refractivity contribution in [1.29, 1.82) is 0 Å². The summed E-state index contributed by atoms with van der Waals surface area (Å²) in [5.74, 6) is 0. The highest BCUT2D eigenvalue weighted by atomic mass is 35.5. The topological polar surface area (TPSA) is 26.7 Å². The first-order valence-electron chi connectivity index (χ1n) is 2.65. The van der Waals surface area contributed by atoms with Gasteiger partial charge in [-0.15, -0.1) is 0 Å². The molecule has 0 unspecified atom stereocenters. The largest absolute Gasteiger partial charge is 0.333 e. The van der Waals surface area contributed by atoms with E-state index in [2.05, 4.69) is 11.9 Å². The fourth-order valence-electron chi connectivity index (χ4n) is 0.640. The molecule has 0 bridgehead atoms. The number of halogens is 2. The van der Waals surface area contributed by atoms with Gasteiger partial charge in [0.1, 0.15) is 0 Å². The summed E-state index contributed by atoms with van der Waals surface area (Å²) in [4.78, 5) is 3.00. The number of hydrogen-bond donors (Lipinski definition) is 1. The van der Waals surface area contributed by atoms with Gasteiger partial charge >= 0.3 is 0 Å². The van der Waals surface area contributed by atoms with Gasteiger partial charge in [-0.3, -0.25) is 4.66 Å². The molecule has 60 valence electrons. The van der Waals surface area contributed by atoms with Crippen LogP contribution < -0.4 is 0 Å². The van der Waals surface area contributed by atoms with Gasteiger partial charge in [-0.1, -0.05) is 0 Å². The first kappa shape index (κ1) is 9.52. The Hall–Kier alpha value is -0.480. The maximum absolute atomic E-state index is 12.5. The van der Waals surface area contributed by atoms with Crippen LogP contribution in [0.2, 0.25) is 0 Å². The molecule has 0 amide bonds. The molecule has 0 radical (unpaired) electrons. The molecule has 0 aromatic carbocycles. The minimum Gasteiger partial charge on any atom is -0.333 e. The van der Waals surface area contributed by atoms with Crippen molar-refractivity contribution < 1.29 is 9.05 Å². The highest BCUT2D eigenvalue weighted by Gasteiger charge is 2.17. The quantitative estimate of drug-likeness (QED) is 0.540. The molecule has 0 fully saturated rings. The fraction of sp³-hybridized carbons (Fsp3) is 0.600. The van der Waals surface area contributed by atoms with Gasteiger partial charge in [-0.25, -0.2) is 0 Å². The summed E-state index contributed by atoms with van der Waals surface area (Å²) in [5.41, 5.74) is 0. The maximum atomic E-state index is 12.5. The molecule has 1 aliphatic heterocycles. The van der Waals surface area contributed by atoms with Crippen LogP contribution >= 0.6 is 11.9 Å². The number of nitrogens with zero attached hydrogens (tertiary/aromatic N) is 2. The maximum Gasteiger partial charge on any atom is 0.248 e. The Morgan fingerprint density at radius 1 is 1.30 bits per heavy atom. The first-order chi connectivity index (χ1) is 4.72. The molecule has 0 atom stereocenters. The minimum atomic E-state index is -0.963. The lowest BCUT2D eigenvalue weighted by atomic mass is 10.8. The SMILES string of the molecule is CN1C=CN(C)C1F.OCl. The Kier molecular flexibility index (Phi) is 4.14. The average Bonchev–Trinajstić information content (AvgIpc) is 2.25. The van der Waals surface area contributed by atoms with E-state index >= 15 is 0 Å². The second-order valence-electron chi connectivity index (χ2n) is 1.94. The normalized spacial score (nSPS) is 17.3. The summed E-state index contributed by atoms with van der Waals surface area (Å²) in [5, 5.41) is 0. The molecular formula is C5H10ClFN2O. The lowest BCUT2D eigenvalue weighted by Gasteiger charge is -2.18. The molecule has 1 N–H and O–H groups in total. The van der Waals surface area contributed by atoms with Gasteiger partial charge in [0.05, 0.1) is 11.9 Å². The van der Waals surface area contributed by atoms with Crippen molar-refractivity contribution >= 4 is 11.9 Å². The van der Waals surface area contributed by atoms with E-state index < -0.39 is 6.42 Å². The zero-order valence-corrected chi connectivity index (χ0v) is 6.59. The van der Waals surface area contributed by atoms with Crippen LogP contribution in [0.1, 0.15) is 0 Å². The van der Waals surface area contributed by atoms with Crippen LogP contribution in [-0.4, -0.2) is 35.0 Å². The van der Waals surface area contributed by atoms with Crippen LogP contribution in [0.4, 0.5) is 4.39 Å². The van der Waals surface area contributed by atoms with Crippen molar-refractivity contribution in [2.45, 2.75) is 6.42 Å². The Bertz CT molecular complexity index is 110. The van der Waals surface area contributed by atoms with Crippen molar-refractivity contribution in [1.82, 2.24) is 9.80 Å². The third-order valence-corrected chi connectivity index (χ3v) is 1.21. The van der Waals surface area contributed by atoms with Crippen molar-refractivity contribution in [3.63, 3.8) is 0 Å². The van der Waals surface area contributed by atoms with E-state index in [0.29, 0.717) is 0 Å². The fourth-order valence-corrected chi connectivity index (χ4v) is 0.640. The molecule has 0 aromatic heterocycles. The van der Waals surface area contributed by atoms with Crippen LogP contribution in [0.25, 0.3) is 0 Å². The molecule has 0 aliphatic carbocycles. The van der Waals surface area contributed by atoms with Gasteiger partial charge in [-0.05, 0) is 0 Å². The molecule has 1 aliphatic rings. The summed E-state index contributed by atoms with van der Waals surface area (Å²) in [6.45, 7) is 0. The molecular weight excluding hydrogens is 159 g/mol. The molecule has 5 heteroatoms. The standard InChI is InChI=1S/C5H9FN2.ClHO/c1-7-3-4-8(2)5(7)6;1-2/h3-5H,1-2H3;2H. The van der Waals surface area contributed by atoms with Gasteiger partial charge in [-0.2, -0.15) is 4.39 Å². The number of hydrogen-bond acceptors (Lipinski definition) is 3. The summed E-state index contributed by atoms with van der Waals surface area (Å²) in [6.07, 6.45) is 2.44. The van der Waals surface area contributed by atoms with Gasteiger partial charge in [0, 0.05) is 26.5 Å². The molecule has 0 saturated heterocycles. The van der Waals surface area contributed by atoms with Crippen LogP contribution in [0.3, 0.4) is 0 Å². The zero-order valence-electron chi connectivity index (χ0n) is 5.83. The second-order valence-corrected chi connectivity index (χ2v) is 1.94. The van der Waals surface area contributed by atoms with Crippen molar-refractivity contribution in [2.75, 3.05) is 14.1 Å². The highest BCUT2D eigenvalue weighted by molar-refractivity contribution is 6.04. The van der Waals surface area contributed by atoms with E-state index in [1.807, 2.05) is 0 Å². The Morgan fingerprint density at radius 3 is 1.70 bits per heavy atom. The summed E-state index contributed by atoms with van der Waals surface area (Å²) < 4.78 is 19.0. The van der Waals surface area contributed by atoms with Crippen LogP contribution in [0.5, 0.6) is 0 Å². The van der Waals surface area contributed by atoms with Gasteiger partial charge in [0.15, 0.2) is 0 Å². The van der Waals surface area contributed by atoms with Crippen molar-refractivity contribution in [2.24, 2.45) is 0 Å².